The Morgan fingerprint density at radius 2 is 1.81 bits per heavy atom. The molecule has 26 heavy (non-hydrogen) atoms. The van der Waals surface area contributed by atoms with Gasteiger partial charge in [0.25, 0.3) is 5.91 Å². The van der Waals surface area contributed by atoms with Crippen molar-refractivity contribution >= 4 is 17.4 Å². The smallest absolute Gasteiger partial charge is 0.274 e. The van der Waals surface area contributed by atoms with Crippen molar-refractivity contribution in [1.82, 2.24) is 15.1 Å². The molecule has 2 aromatic rings. The summed E-state index contributed by atoms with van der Waals surface area (Å²) in [5.41, 5.74) is 1.33. The second-order valence-corrected chi connectivity index (χ2v) is 6.51. The summed E-state index contributed by atoms with van der Waals surface area (Å²) in [6.45, 7) is 6.78. The Kier molecular flexibility index (Phi) is 5.65. The second-order valence-electron chi connectivity index (χ2n) is 6.51. The van der Waals surface area contributed by atoms with Crippen molar-refractivity contribution in [2.45, 2.75) is 26.3 Å². The highest BCUT2D eigenvalue weighted by Gasteiger charge is 2.23. The normalized spacial score (nSPS) is 15.7. The molecular formula is C19H24FN5O. The van der Waals surface area contributed by atoms with E-state index in [1.54, 1.807) is 29.2 Å². The maximum atomic E-state index is 13.0. The maximum absolute atomic E-state index is 13.0. The van der Waals surface area contributed by atoms with Gasteiger partial charge in [0.2, 0.25) is 0 Å². The van der Waals surface area contributed by atoms with E-state index in [1.165, 1.54) is 12.1 Å². The SMILES string of the molecule is CCC(C)Nc1ccc(C(=O)N2CCN(c3ccc(F)cc3)CC2)nn1. The van der Waals surface area contributed by atoms with Crippen LogP contribution in [0.2, 0.25) is 0 Å². The standard InChI is InChI=1S/C19H24FN5O/c1-3-14(2)21-18-9-8-17(22-23-18)19(26)25-12-10-24(11-13-25)16-6-4-15(20)5-7-16/h4-9,14H,3,10-13H2,1-2H3,(H,21,23). The monoisotopic (exact) mass is 357 g/mol. The molecule has 138 valence electrons. The molecule has 7 heteroatoms. The van der Waals surface area contributed by atoms with Crippen molar-refractivity contribution in [2.75, 3.05) is 36.4 Å². The van der Waals surface area contributed by atoms with Crippen molar-refractivity contribution < 1.29 is 9.18 Å². The van der Waals surface area contributed by atoms with Crippen LogP contribution in [0.5, 0.6) is 0 Å². The maximum Gasteiger partial charge on any atom is 0.274 e. The summed E-state index contributed by atoms with van der Waals surface area (Å²) in [6.07, 6.45) is 0.987. The zero-order chi connectivity index (χ0) is 18.5. The van der Waals surface area contributed by atoms with E-state index in [2.05, 4.69) is 34.3 Å². The number of anilines is 2. The van der Waals surface area contributed by atoms with Gasteiger partial charge in [0, 0.05) is 37.9 Å². The van der Waals surface area contributed by atoms with Crippen LogP contribution >= 0.6 is 0 Å². The predicted octanol–water partition coefficient (Wildman–Crippen LogP) is 2.79. The quantitative estimate of drug-likeness (QED) is 0.892. The van der Waals surface area contributed by atoms with Gasteiger partial charge in [-0.2, -0.15) is 0 Å². The third-order valence-electron chi connectivity index (χ3n) is 4.65. The molecule has 0 saturated carbocycles. The largest absolute Gasteiger partial charge is 0.368 e. The van der Waals surface area contributed by atoms with Crippen molar-refractivity contribution in [1.29, 1.82) is 0 Å². The number of rotatable bonds is 5. The van der Waals surface area contributed by atoms with Crippen LogP contribution in [-0.4, -0.2) is 53.2 Å². The first-order valence-corrected chi connectivity index (χ1v) is 8.97. The number of benzene rings is 1. The minimum Gasteiger partial charge on any atom is -0.368 e. The number of nitrogens with one attached hydrogen (secondary N) is 1. The number of carbonyl (C=O) groups excluding carboxylic acids is 1. The fraction of sp³-hybridized carbons (Fsp3) is 0.421. The van der Waals surface area contributed by atoms with Crippen LogP contribution in [-0.2, 0) is 0 Å². The molecule has 1 N–H and O–H groups in total. The molecule has 3 rings (SSSR count). The third-order valence-corrected chi connectivity index (χ3v) is 4.65. The van der Waals surface area contributed by atoms with Gasteiger partial charge in [0.1, 0.15) is 11.6 Å². The predicted molar refractivity (Wildman–Crippen MR) is 99.9 cm³/mol. The van der Waals surface area contributed by atoms with Crippen molar-refractivity contribution in [3.8, 4) is 0 Å². The lowest BCUT2D eigenvalue weighted by Gasteiger charge is -2.35. The van der Waals surface area contributed by atoms with E-state index in [-0.39, 0.29) is 11.7 Å². The van der Waals surface area contributed by atoms with E-state index in [4.69, 9.17) is 0 Å². The molecule has 1 saturated heterocycles. The highest BCUT2D eigenvalue weighted by Crippen LogP contribution is 2.18. The number of hydrogen-bond acceptors (Lipinski definition) is 5. The Morgan fingerprint density at radius 3 is 2.38 bits per heavy atom. The number of halogens is 1. The van der Waals surface area contributed by atoms with E-state index in [9.17, 15) is 9.18 Å². The molecule has 0 spiro atoms. The zero-order valence-corrected chi connectivity index (χ0v) is 15.2. The van der Waals surface area contributed by atoms with Gasteiger partial charge in [-0.15, -0.1) is 10.2 Å². The molecule has 0 radical (unpaired) electrons. The minimum atomic E-state index is -0.243. The summed E-state index contributed by atoms with van der Waals surface area (Å²) >= 11 is 0. The Labute approximate surface area is 153 Å². The molecule has 1 aliphatic heterocycles. The van der Waals surface area contributed by atoms with Crippen LogP contribution in [0.1, 0.15) is 30.8 Å². The third kappa shape index (κ3) is 4.28. The molecular weight excluding hydrogens is 333 g/mol. The fourth-order valence-electron chi connectivity index (χ4n) is 2.86. The van der Waals surface area contributed by atoms with Gasteiger partial charge in [-0.05, 0) is 49.7 Å². The van der Waals surface area contributed by atoms with Gasteiger partial charge < -0.3 is 15.1 Å². The van der Waals surface area contributed by atoms with Gasteiger partial charge in [-0.3, -0.25) is 4.79 Å². The first-order valence-electron chi connectivity index (χ1n) is 8.97. The number of piperazine rings is 1. The second kappa shape index (κ2) is 8.12. The molecule has 1 aromatic carbocycles. The summed E-state index contributed by atoms with van der Waals surface area (Å²) in [5, 5.41) is 11.4. The van der Waals surface area contributed by atoms with Gasteiger partial charge in [-0.1, -0.05) is 6.92 Å². The van der Waals surface area contributed by atoms with Crippen molar-refractivity contribution in [2.24, 2.45) is 0 Å². The fourth-order valence-corrected chi connectivity index (χ4v) is 2.86. The average Bonchev–Trinajstić information content (AvgIpc) is 2.68. The lowest BCUT2D eigenvalue weighted by Crippen LogP contribution is -2.49. The van der Waals surface area contributed by atoms with Crippen LogP contribution in [0.25, 0.3) is 0 Å². The zero-order valence-electron chi connectivity index (χ0n) is 15.2. The average molecular weight is 357 g/mol. The molecule has 2 heterocycles. The number of hydrogen-bond donors (Lipinski definition) is 1. The Balaban J connectivity index is 1.57. The van der Waals surface area contributed by atoms with Gasteiger partial charge in [0.15, 0.2) is 5.69 Å². The summed E-state index contributed by atoms with van der Waals surface area (Å²) < 4.78 is 13.0. The Morgan fingerprint density at radius 1 is 1.12 bits per heavy atom. The number of nitrogens with zero attached hydrogens (tertiary/aromatic N) is 4. The minimum absolute atomic E-state index is 0.105. The van der Waals surface area contributed by atoms with E-state index >= 15 is 0 Å². The summed E-state index contributed by atoms with van der Waals surface area (Å²) in [4.78, 5) is 16.5. The molecule has 1 atom stereocenters. The molecule has 1 unspecified atom stereocenters. The van der Waals surface area contributed by atoms with E-state index in [1.807, 2.05) is 0 Å². The summed E-state index contributed by atoms with van der Waals surface area (Å²) in [7, 11) is 0. The van der Waals surface area contributed by atoms with Gasteiger partial charge in [0.05, 0.1) is 0 Å². The van der Waals surface area contributed by atoms with Gasteiger partial charge in [-0.25, -0.2) is 4.39 Å². The first-order chi connectivity index (χ1) is 12.6. The molecule has 1 aromatic heterocycles. The van der Waals surface area contributed by atoms with E-state index < -0.39 is 0 Å². The lowest BCUT2D eigenvalue weighted by atomic mass is 10.2. The highest BCUT2D eigenvalue weighted by atomic mass is 19.1. The van der Waals surface area contributed by atoms with Crippen molar-refractivity contribution in [3.63, 3.8) is 0 Å². The van der Waals surface area contributed by atoms with Crippen LogP contribution in [0.4, 0.5) is 15.9 Å². The van der Waals surface area contributed by atoms with Crippen LogP contribution in [0, 0.1) is 5.82 Å². The van der Waals surface area contributed by atoms with E-state index in [0.29, 0.717) is 43.7 Å². The van der Waals surface area contributed by atoms with Gasteiger partial charge >= 0.3 is 0 Å². The highest BCUT2D eigenvalue weighted by molar-refractivity contribution is 5.92. The number of carbonyl (C=O) groups is 1. The van der Waals surface area contributed by atoms with Crippen LogP contribution in [0.15, 0.2) is 36.4 Å². The lowest BCUT2D eigenvalue weighted by molar-refractivity contribution is 0.0739. The molecule has 0 bridgehead atoms. The van der Waals surface area contributed by atoms with Crippen molar-refractivity contribution in [3.05, 3.63) is 47.9 Å². The molecule has 1 amide bonds. The molecule has 1 fully saturated rings. The Bertz CT molecular complexity index is 727. The topological polar surface area (TPSA) is 61.4 Å². The first kappa shape index (κ1) is 18.1. The van der Waals surface area contributed by atoms with Crippen LogP contribution < -0.4 is 10.2 Å². The summed E-state index contributed by atoms with van der Waals surface area (Å²) in [6, 6.07) is 10.3. The Hall–Kier alpha value is -2.70. The van der Waals surface area contributed by atoms with Crippen LogP contribution in [0.3, 0.4) is 0 Å². The molecule has 0 aliphatic carbocycles. The number of aromatic nitrogens is 2. The summed E-state index contributed by atoms with van der Waals surface area (Å²) in [5.74, 6) is 0.329. The molecule has 6 nitrogen and oxygen atoms in total. The van der Waals surface area contributed by atoms with E-state index in [0.717, 1.165) is 12.1 Å². The number of amides is 1. The molecule has 1 aliphatic rings.